The minimum absolute atomic E-state index is 0.0344. The third-order valence-electron chi connectivity index (χ3n) is 4.58. The summed E-state index contributed by atoms with van der Waals surface area (Å²) in [5.74, 6) is 1.12. The molecule has 3 rings (SSSR count). The molecule has 1 saturated heterocycles. The fourth-order valence-electron chi connectivity index (χ4n) is 3.27. The maximum absolute atomic E-state index is 6.19. The van der Waals surface area contributed by atoms with Crippen molar-refractivity contribution in [3.8, 4) is 11.5 Å². The van der Waals surface area contributed by atoms with Crippen LogP contribution in [0.25, 0.3) is 0 Å². The van der Waals surface area contributed by atoms with Gasteiger partial charge in [-0.2, -0.15) is 0 Å². The van der Waals surface area contributed by atoms with Gasteiger partial charge in [0.05, 0.1) is 20.3 Å². The average molecular weight is 386 g/mol. The van der Waals surface area contributed by atoms with Crippen molar-refractivity contribution in [3.05, 3.63) is 61.2 Å². The SMILES string of the molecule is C=C[C@@H]1OC(C)(C)O[C@H]1CP(c1ccc(OC)cc1)c1ccc(OC)cc1. The molecular weight excluding hydrogens is 359 g/mol. The van der Waals surface area contributed by atoms with E-state index in [0.717, 1.165) is 17.7 Å². The number of hydrogen-bond donors (Lipinski definition) is 0. The highest BCUT2D eigenvalue weighted by atomic mass is 31.1. The van der Waals surface area contributed by atoms with Gasteiger partial charge in [0.25, 0.3) is 0 Å². The van der Waals surface area contributed by atoms with E-state index in [9.17, 15) is 0 Å². The van der Waals surface area contributed by atoms with Crippen LogP contribution >= 0.6 is 7.92 Å². The van der Waals surface area contributed by atoms with Crippen LogP contribution in [0, 0.1) is 0 Å². The maximum atomic E-state index is 6.19. The van der Waals surface area contributed by atoms with E-state index in [1.807, 2.05) is 44.2 Å². The van der Waals surface area contributed by atoms with Crippen LogP contribution in [0.2, 0.25) is 0 Å². The molecule has 0 N–H and O–H groups in total. The van der Waals surface area contributed by atoms with Crippen molar-refractivity contribution in [3.63, 3.8) is 0 Å². The van der Waals surface area contributed by atoms with Gasteiger partial charge >= 0.3 is 0 Å². The van der Waals surface area contributed by atoms with E-state index >= 15 is 0 Å². The largest absolute Gasteiger partial charge is 0.497 e. The van der Waals surface area contributed by atoms with Crippen LogP contribution in [0.15, 0.2) is 61.2 Å². The Hall–Kier alpha value is -1.87. The first kappa shape index (κ1) is 19.9. The van der Waals surface area contributed by atoms with E-state index in [-0.39, 0.29) is 12.2 Å². The molecule has 2 aromatic rings. The summed E-state index contributed by atoms with van der Waals surface area (Å²) in [6.45, 7) is 7.83. The van der Waals surface area contributed by atoms with Crippen molar-refractivity contribution < 1.29 is 18.9 Å². The second-order valence-corrected chi connectivity index (χ2v) is 9.13. The van der Waals surface area contributed by atoms with E-state index in [1.165, 1.54) is 10.6 Å². The third-order valence-corrected chi connectivity index (χ3v) is 7.15. The van der Waals surface area contributed by atoms with Gasteiger partial charge in [0.2, 0.25) is 0 Å². The van der Waals surface area contributed by atoms with E-state index < -0.39 is 13.7 Å². The van der Waals surface area contributed by atoms with Gasteiger partial charge in [0, 0.05) is 6.16 Å². The average Bonchev–Trinajstić information content (AvgIpc) is 3.00. The fraction of sp³-hybridized carbons (Fsp3) is 0.364. The molecule has 1 fully saturated rings. The summed E-state index contributed by atoms with van der Waals surface area (Å²) in [5.41, 5.74) is 0. The lowest BCUT2D eigenvalue weighted by molar-refractivity contribution is -0.140. The molecule has 0 amide bonds. The van der Waals surface area contributed by atoms with Gasteiger partial charge in [-0.3, -0.25) is 0 Å². The molecule has 0 spiro atoms. The first-order valence-corrected chi connectivity index (χ1v) is 10.5. The van der Waals surface area contributed by atoms with Gasteiger partial charge in [-0.1, -0.05) is 30.3 Å². The van der Waals surface area contributed by atoms with Crippen molar-refractivity contribution in [2.75, 3.05) is 20.4 Å². The molecule has 0 radical (unpaired) electrons. The highest BCUT2D eigenvalue weighted by Crippen LogP contribution is 2.40. The zero-order valence-electron chi connectivity index (χ0n) is 16.3. The number of methoxy groups -OCH3 is 2. The summed E-state index contributed by atoms with van der Waals surface area (Å²) < 4.78 is 22.8. The van der Waals surface area contributed by atoms with Crippen molar-refractivity contribution in [2.45, 2.75) is 31.8 Å². The standard InChI is InChI=1S/C22H27O4P/c1-6-20-21(26-22(2,3)25-20)15-27(18-11-7-16(23-4)8-12-18)19-13-9-17(24-5)10-14-19/h6-14,20-21H,1,15H2,2-5H3/t20-,21-/m0/s1. The van der Waals surface area contributed by atoms with Gasteiger partial charge < -0.3 is 18.9 Å². The molecule has 4 nitrogen and oxygen atoms in total. The van der Waals surface area contributed by atoms with Crippen molar-refractivity contribution in [1.29, 1.82) is 0 Å². The fourth-order valence-corrected chi connectivity index (χ4v) is 5.65. The Bertz CT molecular complexity index is 707. The molecule has 27 heavy (non-hydrogen) atoms. The Balaban J connectivity index is 1.92. The number of rotatable bonds is 7. The zero-order valence-corrected chi connectivity index (χ0v) is 17.2. The molecule has 0 bridgehead atoms. The molecule has 5 heteroatoms. The van der Waals surface area contributed by atoms with Crippen LogP contribution in [-0.2, 0) is 9.47 Å². The Labute approximate surface area is 162 Å². The summed E-state index contributed by atoms with van der Waals surface area (Å²) in [7, 11) is 2.73. The van der Waals surface area contributed by atoms with Gasteiger partial charge in [0.15, 0.2) is 5.79 Å². The minimum atomic E-state index is -0.634. The van der Waals surface area contributed by atoms with Crippen LogP contribution in [0.3, 0.4) is 0 Å². The Morgan fingerprint density at radius 1 is 0.926 bits per heavy atom. The Morgan fingerprint density at radius 3 is 1.81 bits per heavy atom. The maximum Gasteiger partial charge on any atom is 0.164 e. The summed E-state index contributed by atoms with van der Waals surface area (Å²) in [4.78, 5) is 0. The highest BCUT2D eigenvalue weighted by Gasteiger charge is 2.41. The first-order chi connectivity index (χ1) is 13.0. The number of ether oxygens (including phenoxy) is 4. The van der Waals surface area contributed by atoms with Crippen molar-refractivity contribution >= 4 is 18.5 Å². The molecule has 0 aromatic heterocycles. The molecule has 2 aromatic carbocycles. The van der Waals surface area contributed by atoms with Crippen LogP contribution in [0.1, 0.15) is 13.8 Å². The number of hydrogen-bond acceptors (Lipinski definition) is 4. The summed E-state index contributed by atoms with van der Waals surface area (Å²) >= 11 is 0. The van der Waals surface area contributed by atoms with E-state index in [0.29, 0.717) is 0 Å². The molecule has 144 valence electrons. The van der Waals surface area contributed by atoms with Gasteiger partial charge in [-0.15, -0.1) is 6.58 Å². The summed E-state index contributed by atoms with van der Waals surface area (Å²) in [6.07, 6.45) is 2.55. The van der Waals surface area contributed by atoms with Crippen LogP contribution in [-0.4, -0.2) is 38.4 Å². The third kappa shape index (κ3) is 4.70. The highest BCUT2D eigenvalue weighted by molar-refractivity contribution is 7.73. The summed E-state index contributed by atoms with van der Waals surface area (Å²) in [5, 5.41) is 2.54. The van der Waals surface area contributed by atoms with Gasteiger partial charge in [-0.25, -0.2) is 0 Å². The molecule has 0 aliphatic carbocycles. The van der Waals surface area contributed by atoms with Crippen molar-refractivity contribution in [1.82, 2.24) is 0 Å². The van der Waals surface area contributed by atoms with E-state index in [1.54, 1.807) is 14.2 Å². The predicted molar refractivity (Wildman–Crippen MR) is 111 cm³/mol. The molecule has 1 aliphatic rings. The van der Waals surface area contributed by atoms with Crippen LogP contribution < -0.4 is 20.1 Å². The predicted octanol–water partition coefficient (Wildman–Crippen LogP) is 3.84. The van der Waals surface area contributed by atoms with E-state index in [2.05, 4.69) is 30.8 Å². The first-order valence-electron chi connectivity index (χ1n) is 8.99. The Kier molecular flexibility index (Phi) is 6.21. The minimum Gasteiger partial charge on any atom is -0.497 e. The lowest BCUT2D eigenvalue weighted by atomic mass is 10.2. The van der Waals surface area contributed by atoms with E-state index in [4.69, 9.17) is 18.9 Å². The Morgan fingerprint density at radius 2 is 1.41 bits per heavy atom. The smallest absolute Gasteiger partial charge is 0.164 e. The quantitative estimate of drug-likeness (QED) is 0.535. The zero-order chi connectivity index (χ0) is 19.4. The van der Waals surface area contributed by atoms with Crippen LogP contribution in [0.5, 0.6) is 11.5 Å². The molecular formula is C22H27O4P. The van der Waals surface area contributed by atoms with Gasteiger partial charge in [-0.05, 0) is 56.6 Å². The molecule has 0 saturated carbocycles. The number of benzene rings is 2. The summed E-state index contributed by atoms with van der Waals surface area (Å²) in [6, 6.07) is 16.6. The molecule has 2 atom stereocenters. The second kappa shape index (κ2) is 8.43. The molecule has 0 unspecified atom stereocenters. The van der Waals surface area contributed by atoms with Gasteiger partial charge in [0.1, 0.15) is 17.6 Å². The second-order valence-electron chi connectivity index (χ2n) is 6.88. The van der Waals surface area contributed by atoms with Crippen molar-refractivity contribution in [2.24, 2.45) is 0 Å². The monoisotopic (exact) mass is 386 g/mol. The van der Waals surface area contributed by atoms with Crippen LogP contribution in [0.4, 0.5) is 0 Å². The molecule has 1 heterocycles. The topological polar surface area (TPSA) is 36.9 Å². The lowest BCUT2D eigenvalue weighted by Crippen LogP contribution is -2.28. The lowest BCUT2D eigenvalue weighted by Gasteiger charge is -2.24. The molecule has 1 aliphatic heterocycles. The normalized spacial score (nSPS) is 21.2.